The maximum absolute atomic E-state index is 10.4. The van der Waals surface area contributed by atoms with Crippen LogP contribution >= 0.6 is 0 Å². The van der Waals surface area contributed by atoms with Crippen LogP contribution in [0.4, 0.5) is 0 Å². The Balaban J connectivity index is 2.18. The van der Waals surface area contributed by atoms with Crippen LogP contribution in [0.25, 0.3) is 0 Å². The highest BCUT2D eigenvalue weighted by atomic mass is 16.7. The number of aliphatic carboxylic acids is 1. The van der Waals surface area contributed by atoms with Crippen molar-refractivity contribution in [3.05, 3.63) is 0 Å². The van der Waals surface area contributed by atoms with Crippen molar-refractivity contribution >= 4 is 5.97 Å². The topological polar surface area (TPSA) is 96.2 Å². The van der Waals surface area contributed by atoms with Crippen LogP contribution < -0.4 is 0 Å². The maximum Gasteiger partial charge on any atom is 0.303 e. The van der Waals surface area contributed by atoms with Gasteiger partial charge in [-0.25, -0.2) is 0 Å². The van der Waals surface area contributed by atoms with E-state index in [1.165, 1.54) is 0 Å². The van der Waals surface area contributed by atoms with Crippen LogP contribution in [0, 0.1) is 0 Å². The minimum absolute atomic E-state index is 0.0677. The number of carboxylic acids is 1. The summed E-state index contributed by atoms with van der Waals surface area (Å²) in [5.74, 6) is -0.763. The molecule has 1 rings (SSSR count). The molecule has 0 aromatic heterocycles. The van der Waals surface area contributed by atoms with E-state index in [2.05, 4.69) is 0 Å². The quantitative estimate of drug-likeness (QED) is 0.583. The fourth-order valence-corrected chi connectivity index (χ4v) is 2.25. The fraction of sp³-hybridized carbons (Fsp3) is 0.929. The average Bonchev–Trinajstić information content (AvgIpc) is 2.35. The van der Waals surface area contributed by atoms with Gasteiger partial charge < -0.3 is 24.8 Å². The Morgan fingerprint density at radius 2 is 2.00 bits per heavy atom. The van der Waals surface area contributed by atoms with Crippen LogP contribution in [0.1, 0.15) is 52.4 Å². The molecule has 1 unspecified atom stereocenters. The van der Waals surface area contributed by atoms with E-state index in [0.29, 0.717) is 6.42 Å². The summed E-state index contributed by atoms with van der Waals surface area (Å²) in [7, 11) is 0. The van der Waals surface area contributed by atoms with Gasteiger partial charge in [-0.1, -0.05) is 12.8 Å². The Morgan fingerprint density at radius 1 is 1.30 bits per heavy atom. The minimum Gasteiger partial charge on any atom is -0.481 e. The molecule has 0 amide bonds. The SMILES string of the molecule is CC1O[C@@H](O[C@H](C)CCCCCC(=O)O)[C@H](O)C[C@H]1O. The molecule has 0 bridgehead atoms. The average molecular weight is 290 g/mol. The largest absolute Gasteiger partial charge is 0.481 e. The zero-order valence-electron chi connectivity index (χ0n) is 12.2. The smallest absolute Gasteiger partial charge is 0.303 e. The van der Waals surface area contributed by atoms with E-state index in [4.69, 9.17) is 14.6 Å². The van der Waals surface area contributed by atoms with Crippen molar-refractivity contribution in [2.45, 2.75) is 83.1 Å². The standard InChI is InChI=1S/C14H26O6/c1-9(6-4-3-5-7-13(17)18)19-14-12(16)8-11(15)10(2)20-14/h9-12,14-16H,3-8H2,1-2H3,(H,17,18)/t9-,10?,11-,12-,14-/m1/s1. The first kappa shape index (κ1) is 17.4. The fourth-order valence-electron chi connectivity index (χ4n) is 2.25. The van der Waals surface area contributed by atoms with E-state index < -0.39 is 24.5 Å². The second-order valence-electron chi connectivity index (χ2n) is 5.52. The van der Waals surface area contributed by atoms with Crippen molar-refractivity contribution in [1.29, 1.82) is 0 Å². The molecule has 3 N–H and O–H groups in total. The minimum atomic E-state index is -0.810. The van der Waals surface area contributed by atoms with Gasteiger partial charge in [0.25, 0.3) is 0 Å². The molecule has 6 heteroatoms. The summed E-state index contributed by atoms with van der Waals surface area (Å²) >= 11 is 0. The third kappa shape index (κ3) is 6.17. The molecule has 1 fully saturated rings. The molecule has 6 nitrogen and oxygen atoms in total. The number of unbranched alkanes of at least 4 members (excludes halogenated alkanes) is 2. The van der Waals surface area contributed by atoms with Gasteiger partial charge in [0.15, 0.2) is 6.29 Å². The molecule has 0 saturated carbocycles. The zero-order chi connectivity index (χ0) is 15.1. The van der Waals surface area contributed by atoms with Gasteiger partial charge in [0.05, 0.1) is 18.3 Å². The molecular formula is C14H26O6. The summed E-state index contributed by atoms with van der Waals surface area (Å²) in [5, 5.41) is 27.9. The zero-order valence-corrected chi connectivity index (χ0v) is 12.2. The van der Waals surface area contributed by atoms with E-state index in [0.717, 1.165) is 19.3 Å². The monoisotopic (exact) mass is 290 g/mol. The van der Waals surface area contributed by atoms with Gasteiger partial charge in [0.2, 0.25) is 0 Å². The normalized spacial score (nSPS) is 32.0. The Bertz CT molecular complexity index is 295. The first-order chi connectivity index (χ1) is 9.40. The van der Waals surface area contributed by atoms with Gasteiger partial charge in [-0.3, -0.25) is 4.79 Å². The predicted molar refractivity (Wildman–Crippen MR) is 72.2 cm³/mol. The lowest BCUT2D eigenvalue weighted by Crippen LogP contribution is -2.48. The van der Waals surface area contributed by atoms with Crippen molar-refractivity contribution in [3.8, 4) is 0 Å². The number of carboxylic acid groups (broad SMARTS) is 1. The molecule has 20 heavy (non-hydrogen) atoms. The lowest BCUT2D eigenvalue weighted by Gasteiger charge is -2.36. The molecule has 1 saturated heterocycles. The molecule has 1 heterocycles. The van der Waals surface area contributed by atoms with Gasteiger partial charge in [-0.05, 0) is 26.7 Å². The molecule has 1 aliphatic heterocycles. The Morgan fingerprint density at radius 3 is 2.65 bits per heavy atom. The third-order valence-electron chi connectivity index (χ3n) is 3.56. The predicted octanol–water partition coefficient (Wildman–Crippen LogP) is 1.28. The highest BCUT2D eigenvalue weighted by molar-refractivity contribution is 5.66. The summed E-state index contributed by atoms with van der Waals surface area (Å²) in [6, 6.07) is 0. The number of hydrogen-bond acceptors (Lipinski definition) is 5. The highest BCUT2D eigenvalue weighted by Crippen LogP contribution is 2.23. The first-order valence-corrected chi connectivity index (χ1v) is 7.29. The second-order valence-corrected chi connectivity index (χ2v) is 5.52. The Labute approximate surface area is 119 Å². The Hall–Kier alpha value is -0.690. The number of rotatable bonds is 8. The second kappa shape index (κ2) is 8.56. The molecule has 118 valence electrons. The van der Waals surface area contributed by atoms with Gasteiger partial charge in [0, 0.05) is 12.8 Å². The van der Waals surface area contributed by atoms with Crippen molar-refractivity contribution in [2.75, 3.05) is 0 Å². The van der Waals surface area contributed by atoms with Crippen LogP contribution in [-0.4, -0.2) is 52.0 Å². The van der Waals surface area contributed by atoms with Crippen molar-refractivity contribution in [2.24, 2.45) is 0 Å². The van der Waals surface area contributed by atoms with Crippen molar-refractivity contribution < 1.29 is 29.6 Å². The molecule has 5 atom stereocenters. The molecule has 0 aromatic rings. The number of ether oxygens (including phenoxy) is 2. The van der Waals surface area contributed by atoms with E-state index in [-0.39, 0.29) is 25.0 Å². The van der Waals surface area contributed by atoms with E-state index >= 15 is 0 Å². The lowest BCUT2D eigenvalue weighted by molar-refractivity contribution is -0.273. The molecular weight excluding hydrogens is 264 g/mol. The summed E-state index contributed by atoms with van der Waals surface area (Å²) in [5.41, 5.74) is 0. The Kier molecular flexibility index (Phi) is 7.43. The van der Waals surface area contributed by atoms with Crippen LogP contribution in [-0.2, 0) is 14.3 Å². The number of aliphatic hydroxyl groups excluding tert-OH is 2. The molecule has 0 aliphatic carbocycles. The van der Waals surface area contributed by atoms with E-state index in [1.54, 1.807) is 6.92 Å². The van der Waals surface area contributed by atoms with Crippen LogP contribution in [0.2, 0.25) is 0 Å². The summed E-state index contributed by atoms with van der Waals surface area (Å²) in [6.07, 6.45) is 1.10. The lowest BCUT2D eigenvalue weighted by atomic mass is 10.0. The number of aliphatic hydroxyl groups is 2. The number of hydrogen-bond donors (Lipinski definition) is 3. The van der Waals surface area contributed by atoms with Crippen molar-refractivity contribution in [3.63, 3.8) is 0 Å². The highest BCUT2D eigenvalue weighted by Gasteiger charge is 2.35. The van der Waals surface area contributed by atoms with Crippen LogP contribution in [0.5, 0.6) is 0 Å². The summed E-state index contributed by atoms with van der Waals surface area (Å²) < 4.78 is 11.1. The van der Waals surface area contributed by atoms with Crippen LogP contribution in [0.15, 0.2) is 0 Å². The maximum atomic E-state index is 10.4. The number of carbonyl (C=O) groups is 1. The molecule has 0 radical (unpaired) electrons. The molecule has 0 aromatic carbocycles. The van der Waals surface area contributed by atoms with Gasteiger partial charge in [-0.15, -0.1) is 0 Å². The third-order valence-corrected chi connectivity index (χ3v) is 3.56. The molecule has 0 spiro atoms. The van der Waals surface area contributed by atoms with E-state index in [9.17, 15) is 15.0 Å². The molecule has 1 aliphatic rings. The van der Waals surface area contributed by atoms with Gasteiger partial charge in [-0.2, -0.15) is 0 Å². The van der Waals surface area contributed by atoms with Gasteiger partial charge >= 0.3 is 5.97 Å². The van der Waals surface area contributed by atoms with E-state index in [1.807, 2.05) is 6.92 Å². The first-order valence-electron chi connectivity index (χ1n) is 7.29. The van der Waals surface area contributed by atoms with Crippen LogP contribution in [0.3, 0.4) is 0 Å². The summed E-state index contributed by atoms with van der Waals surface area (Å²) in [4.78, 5) is 10.4. The van der Waals surface area contributed by atoms with Gasteiger partial charge in [0.1, 0.15) is 6.10 Å². The van der Waals surface area contributed by atoms with Crippen molar-refractivity contribution in [1.82, 2.24) is 0 Å². The summed E-state index contributed by atoms with van der Waals surface area (Å²) in [6.45, 7) is 3.66.